The molecule has 14 heavy (non-hydrogen) atoms. The van der Waals surface area contributed by atoms with Crippen LogP contribution in [-0.2, 0) is 0 Å². The predicted octanol–water partition coefficient (Wildman–Crippen LogP) is 3.11. The van der Waals surface area contributed by atoms with Crippen LogP contribution in [0.2, 0.25) is 0 Å². The van der Waals surface area contributed by atoms with Gasteiger partial charge in [0.2, 0.25) is 0 Å². The molecular weight excluding hydrogens is 174 g/mol. The first-order chi connectivity index (χ1) is 6.77. The highest BCUT2D eigenvalue weighted by atomic mass is 16.3. The molecule has 1 fully saturated rings. The van der Waals surface area contributed by atoms with E-state index in [4.69, 9.17) is 10.2 Å². The van der Waals surface area contributed by atoms with E-state index >= 15 is 0 Å². The van der Waals surface area contributed by atoms with Gasteiger partial charge in [-0.05, 0) is 36.8 Å². The summed E-state index contributed by atoms with van der Waals surface area (Å²) in [6, 6.07) is 4.01. The van der Waals surface area contributed by atoms with Gasteiger partial charge in [-0.1, -0.05) is 19.8 Å². The molecule has 0 spiro atoms. The lowest BCUT2D eigenvalue weighted by Gasteiger charge is -2.29. The van der Waals surface area contributed by atoms with Gasteiger partial charge in [-0.2, -0.15) is 0 Å². The number of nitrogens with two attached hydrogens (primary N) is 1. The van der Waals surface area contributed by atoms with Crippen molar-refractivity contribution in [3.8, 4) is 0 Å². The van der Waals surface area contributed by atoms with Crippen LogP contribution in [0.5, 0.6) is 0 Å². The minimum Gasteiger partial charge on any atom is -0.468 e. The average molecular weight is 193 g/mol. The van der Waals surface area contributed by atoms with Crippen LogP contribution in [0, 0.1) is 11.8 Å². The quantitative estimate of drug-likeness (QED) is 0.783. The molecule has 1 atom stereocenters. The molecule has 1 saturated carbocycles. The van der Waals surface area contributed by atoms with Gasteiger partial charge in [0.25, 0.3) is 0 Å². The molecule has 0 bridgehead atoms. The molecule has 1 aliphatic rings. The SMILES string of the molecule is CC1CCC([C@@H](N)c2ccco2)CC1. The van der Waals surface area contributed by atoms with Crippen molar-refractivity contribution in [1.29, 1.82) is 0 Å². The smallest absolute Gasteiger partial charge is 0.120 e. The van der Waals surface area contributed by atoms with Crippen LogP contribution in [-0.4, -0.2) is 0 Å². The van der Waals surface area contributed by atoms with Crippen molar-refractivity contribution in [2.45, 2.75) is 38.6 Å². The van der Waals surface area contributed by atoms with Crippen LogP contribution in [0.1, 0.15) is 44.4 Å². The molecule has 1 aromatic heterocycles. The lowest BCUT2D eigenvalue weighted by atomic mass is 9.79. The zero-order valence-corrected chi connectivity index (χ0v) is 8.78. The second-order valence-corrected chi connectivity index (χ2v) is 4.56. The summed E-state index contributed by atoms with van der Waals surface area (Å²) in [6.07, 6.45) is 6.85. The lowest BCUT2D eigenvalue weighted by molar-refractivity contribution is 0.239. The molecule has 1 aromatic rings. The summed E-state index contributed by atoms with van der Waals surface area (Å²) in [5.74, 6) is 2.46. The Morgan fingerprint density at radius 1 is 1.36 bits per heavy atom. The Morgan fingerprint density at radius 2 is 2.07 bits per heavy atom. The molecule has 2 rings (SSSR count). The fraction of sp³-hybridized carbons (Fsp3) is 0.667. The lowest BCUT2D eigenvalue weighted by Crippen LogP contribution is -2.25. The van der Waals surface area contributed by atoms with Gasteiger partial charge in [-0.3, -0.25) is 0 Å². The molecule has 78 valence electrons. The molecular formula is C12H19NO. The first-order valence-corrected chi connectivity index (χ1v) is 5.56. The monoisotopic (exact) mass is 193 g/mol. The van der Waals surface area contributed by atoms with Crippen molar-refractivity contribution in [3.63, 3.8) is 0 Å². The molecule has 1 aliphatic carbocycles. The van der Waals surface area contributed by atoms with Crippen LogP contribution >= 0.6 is 0 Å². The standard InChI is InChI=1S/C12H19NO/c1-9-4-6-10(7-5-9)12(13)11-3-2-8-14-11/h2-3,8-10,12H,4-7,13H2,1H3/t9?,10?,12-/m1/s1. The minimum absolute atomic E-state index is 0.109. The number of furan rings is 1. The zero-order chi connectivity index (χ0) is 9.97. The number of hydrogen-bond donors (Lipinski definition) is 1. The van der Waals surface area contributed by atoms with Gasteiger partial charge in [0.15, 0.2) is 0 Å². The van der Waals surface area contributed by atoms with E-state index in [1.807, 2.05) is 12.1 Å². The van der Waals surface area contributed by atoms with Crippen molar-refractivity contribution >= 4 is 0 Å². The second kappa shape index (κ2) is 4.18. The summed E-state index contributed by atoms with van der Waals surface area (Å²) in [4.78, 5) is 0. The molecule has 0 unspecified atom stereocenters. The number of hydrogen-bond acceptors (Lipinski definition) is 2. The molecule has 2 heteroatoms. The molecule has 0 amide bonds. The van der Waals surface area contributed by atoms with Crippen LogP contribution in [0.3, 0.4) is 0 Å². The van der Waals surface area contributed by atoms with E-state index in [1.54, 1.807) is 6.26 Å². The summed E-state index contributed by atoms with van der Waals surface area (Å²) in [5.41, 5.74) is 6.17. The molecule has 1 heterocycles. The third-order valence-electron chi connectivity index (χ3n) is 3.44. The predicted molar refractivity (Wildman–Crippen MR) is 56.8 cm³/mol. The molecule has 0 aromatic carbocycles. The Morgan fingerprint density at radius 3 is 2.64 bits per heavy atom. The highest BCUT2D eigenvalue weighted by Gasteiger charge is 2.25. The van der Waals surface area contributed by atoms with Crippen molar-refractivity contribution < 1.29 is 4.42 Å². The van der Waals surface area contributed by atoms with Crippen LogP contribution in [0.4, 0.5) is 0 Å². The van der Waals surface area contributed by atoms with Crippen molar-refractivity contribution in [2.24, 2.45) is 17.6 Å². The highest BCUT2D eigenvalue weighted by Crippen LogP contribution is 2.35. The van der Waals surface area contributed by atoms with Crippen LogP contribution in [0.15, 0.2) is 22.8 Å². The fourth-order valence-corrected chi connectivity index (χ4v) is 2.36. The second-order valence-electron chi connectivity index (χ2n) is 4.56. The summed E-state index contributed by atoms with van der Waals surface area (Å²) < 4.78 is 5.35. The van der Waals surface area contributed by atoms with Gasteiger partial charge in [-0.15, -0.1) is 0 Å². The summed E-state index contributed by atoms with van der Waals surface area (Å²) >= 11 is 0. The minimum atomic E-state index is 0.109. The van der Waals surface area contributed by atoms with Crippen molar-refractivity contribution in [2.75, 3.05) is 0 Å². The van der Waals surface area contributed by atoms with E-state index in [-0.39, 0.29) is 6.04 Å². The van der Waals surface area contributed by atoms with E-state index in [9.17, 15) is 0 Å². The Balaban J connectivity index is 1.95. The maximum atomic E-state index is 6.17. The first kappa shape index (κ1) is 9.78. The maximum Gasteiger partial charge on any atom is 0.120 e. The van der Waals surface area contributed by atoms with Gasteiger partial charge in [0.05, 0.1) is 12.3 Å². The highest BCUT2D eigenvalue weighted by molar-refractivity contribution is 5.05. The Bertz CT molecular complexity index is 260. The average Bonchev–Trinajstić information content (AvgIpc) is 2.71. The maximum absolute atomic E-state index is 6.17. The Hall–Kier alpha value is -0.760. The van der Waals surface area contributed by atoms with Crippen molar-refractivity contribution in [1.82, 2.24) is 0 Å². The van der Waals surface area contributed by atoms with Crippen LogP contribution in [0.25, 0.3) is 0 Å². The van der Waals surface area contributed by atoms with Gasteiger partial charge in [0, 0.05) is 0 Å². The molecule has 0 aliphatic heterocycles. The summed E-state index contributed by atoms with van der Waals surface area (Å²) in [7, 11) is 0. The van der Waals surface area contributed by atoms with Gasteiger partial charge in [-0.25, -0.2) is 0 Å². The first-order valence-electron chi connectivity index (χ1n) is 5.56. The van der Waals surface area contributed by atoms with E-state index in [0.29, 0.717) is 5.92 Å². The largest absolute Gasteiger partial charge is 0.468 e. The molecule has 2 nitrogen and oxygen atoms in total. The van der Waals surface area contributed by atoms with Gasteiger partial charge < -0.3 is 10.2 Å². The van der Waals surface area contributed by atoms with Crippen LogP contribution < -0.4 is 5.73 Å². The summed E-state index contributed by atoms with van der Waals surface area (Å²) in [5, 5.41) is 0. The van der Waals surface area contributed by atoms with Crippen molar-refractivity contribution in [3.05, 3.63) is 24.2 Å². The molecule has 2 N–H and O–H groups in total. The fourth-order valence-electron chi connectivity index (χ4n) is 2.36. The zero-order valence-electron chi connectivity index (χ0n) is 8.78. The Labute approximate surface area is 85.5 Å². The van der Waals surface area contributed by atoms with Gasteiger partial charge in [0.1, 0.15) is 5.76 Å². The molecule has 0 radical (unpaired) electrons. The number of rotatable bonds is 2. The Kier molecular flexibility index (Phi) is 2.92. The third kappa shape index (κ3) is 2.01. The molecule has 0 saturated heterocycles. The van der Waals surface area contributed by atoms with E-state index < -0.39 is 0 Å². The van der Waals surface area contributed by atoms with E-state index in [2.05, 4.69) is 6.92 Å². The third-order valence-corrected chi connectivity index (χ3v) is 3.44. The summed E-state index contributed by atoms with van der Waals surface area (Å²) in [6.45, 7) is 2.33. The van der Waals surface area contributed by atoms with E-state index in [0.717, 1.165) is 11.7 Å². The topological polar surface area (TPSA) is 39.2 Å². The normalized spacial score (nSPS) is 30.1. The van der Waals surface area contributed by atoms with Gasteiger partial charge >= 0.3 is 0 Å². The van der Waals surface area contributed by atoms with E-state index in [1.165, 1.54) is 25.7 Å².